The van der Waals surface area contributed by atoms with Crippen LogP contribution < -0.4 is 5.32 Å². The van der Waals surface area contributed by atoms with Crippen molar-refractivity contribution in [3.63, 3.8) is 0 Å². The molecule has 3 N–H and O–H groups in total. The number of aliphatic hydroxyl groups excluding tert-OH is 1. The second-order valence-corrected chi connectivity index (χ2v) is 8.16. The summed E-state index contributed by atoms with van der Waals surface area (Å²) >= 11 is 0. The second-order valence-electron chi connectivity index (χ2n) is 8.16. The van der Waals surface area contributed by atoms with Gasteiger partial charge >= 0.3 is 12.1 Å². The van der Waals surface area contributed by atoms with Crippen molar-refractivity contribution in [2.75, 3.05) is 26.3 Å². The summed E-state index contributed by atoms with van der Waals surface area (Å²) in [6.45, 7) is -1.20. The standard InChI is InChI=1S/C25H26N4O6/c1-28-21(10-11-26-28)23(24(33)29(12-13-30)14-22(31)32)27-25(34)35-15-20-18-8-4-2-6-16(18)17-7-3-5-9-19(17)20/h2-11,20,23,30H,12-15H2,1H3,(H,27,34)(H,31,32). The third-order valence-corrected chi connectivity index (χ3v) is 6.02. The van der Waals surface area contributed by atoms with Crippen molar-refractivity contribution >= 4 is 18.0 Å². The first-order chi connectivity index (χ1) is 16.9. The van der Waals surface area contributed by atoms with Crippen LogP contribution in [0.15, 0.2) is 60.8 Å². The Morgan fingerprint density at radius 3 is 2.26 bits per heavy atom. The van der Waals surface area contributed by atoms with Crippen LogP contribution in [-0.4, -0.2) is 69.2 Å². The molecule has 0 spiro atoms. The molecule has 0 aliphatic heterocycles. The van der Waals surface area contributed by atoms with Crippen LogP contribution in [-0.2, 0) is 21.4 Å². The number of rotatable bonds is 9. The van der Waals surface area contributed by atoms with E-state index < -0.39 is 37.2 Å². The lowest BCUT2D eigenvalue weighted by Crippen LogP contribution is -2.46. The van der Waals surface area contributed by atoms with Crippen molar-refractivity contribution < 1.29 is 29.3 Å². The van der Waals surface area contributed by atoms with E-state index >= 15 is 0 Å². The normalized spacial score (nSPS) is 13.0. The number of benzene rings is 2. The van der Waals surface area contributed by atoms with Gasteiger partial charge in [-0.25, -0.2) is 4.79 Å². The Kier molecular flexibility index (Phi) is 7.11. The molecular weight excluding hydrogens is 452 g/mol. The SMILES string of the molecule is Cn1nccc1C(NC(=O)OCC1c2ccccc2-c2ccccc21)C(=O)N(CCO)CC(=O)O. The molecule has 182 valence electrons. The van der Waals surface area contributed by atoms with Gasteiger partial charge in [0.05, 0.1) is 12.3 Å². The molecule has 2 aromatic carbocycles. The number of amides is 2. The molecule has 10 heteroatoms. The maximum absolute atomic E-state index is 13.2. The summed E-state index contributed by atoms with van der Waals surface area (Å²) in [5.74, 6) is -2.09. The number of nitrogens with zero attached hydrogens (tertiary/aromatic N) is 3. The number of hydrogen-bond donors (Lipinski definition) is 3. The third kappa shape index (κ3) is 5.02. The molecule has 1 unspecified atom stereocenters. The number of hydrogen-bond acceptors (Lipinski definition) is 6. The molecule has 35 heavy (non-hydrogen) atoms. The van der Waals surface area contributed by atoms with E-state index in [2.05, 4.69) is 10.4 Å². The lowest BCUT2D eigenvalue weighted by atomic mass is 9.98. The Balaban J connectivity index is 1.52. The number of carboxylic acids is 1. The predicted molar refractivity (Wildman–Crippen MR) is 125 cm³/mol. The van der Waals surface area contributed by atoms with E-state index in [1.54, 1.807) is 13.1 Å². The zero-order valence-electron chi connectivity index (χ0n) is 19.1. The Morgan fingerprint density at radius 2 is 1.71 bits per heavy atom. The summed E-state index contributed by atoms with van der Waals surface area (Å²) in [7, 11) is 1.60. The van der Waals surface area contributed by atoms with E-state index in [0.29, 0.717) is 5.69 Å². The van der Waals surface area contributed by atoms with Crippen molar-refractivity contribution in [1.82, 2.24) is 20.0 Å². The molecule has 4 rings (SSSR count). The van der Waals surface area contributed by atoms with Gasteiger partial charge < -0.3 is 25.2 Å². The van der Waals surface area contributed by atoms with Crippen LogP contribution in [0.3, 0.4) is 0 Å². The van der Waals surface area contributed by atoms with E-state index in [9.17, 15) is 19.5 Å². The highest BCUT2D eigenvalue weighted by Gasteiger charge is 2.33. The van der Waals surface area contributed by atoms with Gasteiger partial charge in [-0.3, -0.25) is 14.3 Å². The first-order valence-corrected chi connectivity index (χ1v) is 11.1. The maximum Gasteiger partial charge on any atom is 0.408 e. The Bertz CT molecular complexity index is 1190. The summed E-state index contributed by atoms with van der Waals surface area (Å²) in [4.78, 5) is 38.2. The van der Waals surface area contributed by atoms with Crippen LogP contribution >= 0.6 is 0 Å². The number of carbonyl (C=O) groups is 3. The number of aromatic nitrogens is 2. The quantitative estimate of drug-likeness (QED) is 0.428. The van der Waals surface area contributed by atoms with E-state index in [4.69, 9.17) is 9.84 Å². The number of carbonyl (C=O) groups excluding carboxylic acids is 2. The van der Waals surface area contributed by atoms with E-state index in [-0.39, 0.29) is 19.1 Å². The number of ether oxygens (including phenoxy) is 1. The number of aliphatic carboxylic acids is 1. The highest BCUT2D eigenvalue weighted by molar-refractivity contribution is 5.89. The van der Waals surface area contributed by atoms with Gasteiger partial charge in [0.15, 0.2) is 6.04 Å². The summed E-state index contributed by atoms with van der Waals surface area (Å²) in [5, 5.41) is 25.1. The maximum atomic E-state index is 13.2. The second kappa shape index (κ2) is 10.4. The van der Waals surface area contributed by atoms with Crippen LogP contribution in [0, 0.1) is 0 Å². The summed E-state index contributed by atoms with van der Waals surface area (Å²) < 4.78 is 6.97. The number of aliphatic hydroxyl groups is 1. The Labute approximate surface area is 201 Å². The molecule has 0 saturated carbocycles. The van der Waals surface area contributed by atoms with Crippen LogP contribution in [0.2, 0.25) is 0 Å². The van der Waals surface area contributed by atoms with Crippen molar-refractivity contribution in [1.29, 1.82) is 0 Å². The molecule has 10 nitrogen and oxygen atoms in total. The molecule has 0 fully saturated rings. The van der Waals surface area contributed by atoms with Gasteiger partial charge in [-0.15, -0.1) is 0 Å². The van der Waals surface area contributed by atoms with Gasteiger partial charge in [0.1, 0.15) is 13.2 Å². The van der Waals surface area contributed by atoms with Gasteiger partial charge in [0.25, 0.3) is 5.91 Å². The van der Waals surface area contributed by atoms with E-state index in [0.717, 1.165) is 27.2 Å². The lowest BCUT2D eigenvalue weighted by Gasteiger charge is -2.26. The molecule has 0 saturated heterocycles. The molecule has 3 aromatic rings. The van der Waals surface area contributed by atoms with Crippen LogP contribution in [0.25, 0.3) is 11.1 Å². The van der Waals surface area contributed by atoms with Gasteiger partial charge in [-0.1, -0.05) is 48.5 Å². The first kappa shape index (κ1) is 24.0. The zero-order valence-corrected chi connectivity index (χ0v) is 19.1. The molecule has 1 aliphatic carbocycles. The summed E-state index contributed by atoms with van der Waals surface area (Å²) in [5.41, 5.74) is 4.63. The number of fused-ring (bicyclic) bond motifs is 3. The number of aryl methyl sites for hydroxylation is 1. The molecule has 1 aliphatic rings. The molecule has 0 radical (unpaired) electrons. The average molecular weight is 479 g/mol. The Morgan fingerprint density at radius 1 is 1.09 bits per heavy atom. The molecular formula is C25H26N4O6. The zero-order chi connectivity index (χ0) is 24.9. The fraction of sp³-hybridized carbons (Fsp3) is 0.280. The monoisotopic (exact) mass is 478 g/mol. The minimum absolute atomic E-state index is 0.0572. The highest BCUT2D eigenvalue weighted by Crippen LogP contribution is 2.44. The molecule has 2 amide bonds. The van der Waals surface area contributed by atoms with Crippen molar-refractivity contribution in [2.24, 2.45) is 7.05 Å². The first-order valence-electron chi connectivity index (χ1n) is 11.1. The summed E-state index contributed by atoms with van der Waals surface area (Å²) in [6, 6.07) is 16.2. The third-order valence-electron chi connectivity index (χ3n) is 6.02. The molecule has 1 aromatic heterocycles. The lowest BCUT2D eigenvalue weighted by molar-refractivity contribution is -0.145. The van der Waals surface area contributed by atoms with Crippen molar-refractivity contribution in [2.45, 2.75) is 12.0 Å². The van der Waals surface area contributed by atoms with Gasteiger partial charge in [0.2, 0.25) is 0 Å². The minimum atomic E-state index is -1.25. The van der Waals surface area contributed by atoms with Gasteiger partial charge in [-0.2, -0.15) is 5.10 Å². The minimum Gasteiger partial charge on any atom is -0.480 e. The average Bonchev–Trinajstić information content (AvgIpc) is 3.41. The van der Waals surface area contributed by atoms with Crippen LogP contribution in [0.4, 0.5) is 4.79 Å². The number of alkyl carbamates (subject to hydrolysis) is 1. The molecule has 1 atom stereocenters. The molecule has 1 heterocycles. The predicted octanol–water partition coefficient (Wildman–Crippen LogP) is 1.91. The van der Waals surface area contributed by atoms with Crippen molar-refractivity contribution in [3.05, 3.63) is 77.6 Å². The Hall–Kier alpha value is -4.18. The van der Waals surface area contributed by atoms with Gasteiger partial charge in [0, 0.05) is 25.7 Å². The van der Waals surface area contributed by atoms with E-state index in [1.165, 1.54) is 10.9 Å². The highest BCUT2D eigenvalue weighted by atomic mass is 16.5. The van der Waals surface area contributed by atoms with Crippen molar-refractivity contribution in [3.8, 4) is 11.1 Å². The van der Waals surface area contributed by atoms with Crippen LogP contribution in [0.1, 0.15) is 28.8 Å². The largest absolute Gasteiger partial charge is 0.480 e. The fourth-order valence-electron chi connectivity index (χ4n) is 4.42. The van der Waals surface area contributed by atoms with Gasteiger partial charge in [-0.05, 0) is 28.3 Å². The number of nitrogens with one attached hydrogen (secondary N) is 1. The topological polar surface area (TPSA) is 134 Å². The van der Waals surface area contributed by atoms with E-state index in [1.807, 2.05) is 48.5 Å². The molecule has 0 bridgehead atoms. The smallest absolute Gasteiger partial charge is 0.408 e. The number of carboxylic acid groups (broad SMARTS) is 1. The summed E-state index contributed by atoms with van der Waals surface area (Å²) in [6.07, 6.45) is 0.633. The fourth-order valence-corrected chi connectivity index (χ4v) is 4.42. The van der Waals surface area contributed by atoms with Crippen LogP contribution in [0.5, 0.6) is 0 Å².